The van der Waals surface area contributed by atoms with Crippen LogP contribution >= 0.6 is 0 Å². The molecule has 0 aromatic rings. The minimum Gasteiger partial charge on any atom is -0.383 e. The van der Waals surface area contributed by atoms with Gasteiger partial charge in [0.15, 0.2) is 0 Å². The van der Waals surface area contributed by atoms with Gasteiger partial charge in [0.05, 0.1) is 6.61 Å². The monoisotopic (exact) mass is 214 g/mol. The molecule has 1 heterocycles. The Morgan fingerprint density at radius 1 is 1.40 bits per heavy atom. The molecule has 1 atom stereocenters. The fourth-order valence-electron chi connectivity index (χ4n) is 2.06. The molecule has 0 amide bonds. The summed E-state index contributed by atoms with van der Waals surface area (Å²) in [5.74, 6) is 0. The third-order valence-electron chi connectivity index (χ3n) is 3.33. The molecule has 0 aromatic carbocycles. The Balaban J connectivity index is 2.12. The van der Waals surface area contributed by atoms with Crippen molar-refractivity contribution < 1.29 is 4.74 Å². The molecule has 1 fully saturated rings. The van der Waals surface area contributed by atoms with E-state index in [-0.39, 0.29) is 0 Å². The van der Waals surface area contributed by atoms with Gasteiger partial charge >= 0.3 is 0 Å². The van der Waals surface area contributed by atoms with Crippen LogP contribution in [0.1, 0.15) is 33.1 Å². The average Bonchev–Trinajstić information content (AvgIpc) is 2.28. The second-order valence-corrected chi connectivity index (χ2v) is 4.58. The number of hydrogen-bond acceptors (Lipinski definition) is 3. The minimum absolute atomic E-state index is 0.667. The third-order valence-corrected chi connectivity index (χ3v) is 3.33. The largest absolute Gasteiger partial charge is 0.383 e. The molecule has 15 heavy (non-hydrogen) atoms. The van der Waals surface area contributed by atoms with Gasteiger partial charge in [0.2, 0.25) is 0 Å². The normalized spacial score (nSPS) is 21.8. The van der Waals surface area contributed by atoms with Gasteiger partial charge in [-0.3, -0.25) is 0 Å². The van der Waals surface area contributed by atoms with Crippen LogP contribution in [-0.4, -0.2) is 50.3 Å². The van der Waals surface area contributed by atoms with Crippen LogP contribution in [-0.2, 0) is 4.74 Å². The van der Waals surface area contributed by atoms with Crippen LogP contribution < -0.4 is 5.32 Å². The smallest absolute Gasteiger partial charge is 0.0589 e. The minimum atomic E-state index is 0.667. The van der Waals surface area contributed by atoms with Gasteiger partial charge in [-0.2, -0.15) is 0 Å². The zero-order chi connectivity index (χ0) is 11.1. The molecule has 1 rings (SSSR count). The zero-order valence-corrected chi connectivity index (χ0v) is 10.5. The highest BCUT2D eigenvalue weighted by Crippen LogP contribution is 2.11. The van der Waals surface area contributed by atoms with E-state index in [2.05, 4.69) is 24.1 Å². The first-order chi connectivity index (χ1) is 7.26. The predicted molar refractivity (Wildman–Crippen MR) is 64.2 cm³/mol. The van der Waals surface area contributed by atoms with Crippen molar-refractivity contribution in [2.75, 3.05) is 33.4 Å². The Morgan fingerprint density at radius 3 is 2.60 bits per heavy atom. The molecule has 0 saturated carbocycles. The molecule has 0 aliphatic carbocycles. The Labute approximate surface area is 94.2 Å². The highest BCUT2D eigenvalue weighted by Gasteiger charge is 2.19. The van der Waals surface area contributed by atoms with Crippen molar-refractivity contribution in [1.82, 2.24) is 10.2 Å². The number of methoxy groups -OCH3 is 1. The highest BCUT2D eigenvalue weighted by atomic mass is 16.5. The van der Waals surface area contributed by atoms with Gasteiger partial charge in [-0.15, -0.1) is 0 Å². The number of likely N-dealkylation sites (tertiary alicyclic amines) is 1. The van der Waals surface area contributed by atoms with E-state index < -0.39 is 0 Å². The lowest BCUT2D eigenvalue weighted by Crippen LogP contribution is -2.45. The van der Waals surface area contributed by atoms with E-state index >= 15 is 0 Å². The van der Waals surface area contributed by atoms with Gasteiger partial charge < -0.3 is 15.0 Å². The van der Waals surface area contributed by atoms with Crippen molar-refractivity contribution in [1.29, 1.82) is 0 Å². The molecule has 1 N–H and O–H groups in total. The summed E-state index contributed by atoms with van der Waals surface area (Å²) in [6, 6.07) is 1.40. The standard InChI is InChI=1S/C12H26N2O/c1-4-11(2)13-12-5-7-14(8-6-12)9-10-15-3/h11-13H,4-10H2,1-3H3. The topological polar surface area (TPSA) is 24.5 Å². The number of piperidine rings is 1. The van der Waals surface area contributed by atoms with Crippen molar-refractivity contribution in [3.63, 3.8) is 0 Å². The number of nitrogens with zero attached hydrogens (tertiary/aromatic N) is 1. The molecule has 1 saturated heterocycles. The first-order valence-corrected chi connectivity index (χ1v) is 6.23. The quantitative estimate of drug-likeness (QED) is 0.725. The van der Waals surface area contributed by atoms with Crippen LogP contribution in [0.25, 0.3) is 0 Å². The predicted octanol–water partition coefficient (Wildman–Crippen LogP) is 1.49. The van der Waals surface area contributed by atoms with Gasteiger partial charge in [0, 0.05) is 25.7 Å². The number of rotatable bonds is 6. The van der Waals surface area contributed by atoms with Crippen LogP contribution in [0.5, 0.6) is 0 Å². The van der Waals surface area contributed by atoms with E-state index in [1.165, 1.54) is 32.4 Å². The Hall–Kier alpha value is -0.120. The van der Waals surface area contributed by atoms with Gasteiger partial charge in [0.25, 0.3) is 0 Å². The third kappa shape index (κ3) is 4.96. The summed E-state index contributed by atoms with van der Waals surface area (Å²) in [6.45, 7) is 8.91. The lowest BCUT2D eigenvalue weighted by atomic mass is 10.0. The summed E-state index contributed by atoms with van der Waals surface area (Å²) < 4.78 is 5.10. The zero-order valence-electron chi connectivity index (χ0n) is 10.5. The Morgan fingerprint density at radius 2 is 2.07 bits per heavy atom. The molecule has 0 spiro atoms. The number of hydrogen-bond donors (Lipinski definition) is 1. The molecule has 3 heteroatoms. The molecule has 3 nitrogen and oxygen atoms in total. The van der Waals surface area contributed by atoms with Gasteiger partial charge in [-0.1, -0.05) is 6.92 Å². The Bertz CT molecular complexity index is 156. The van der Waals surface area contributed by atoms with E-state index in [0.29, 0.717) is 6.04 Å². The van der Waals surface area contributed by atoms with Crippen molar-refractivity contribution in [3.8, 4) is 0 Å². The summed E-state index contributed by atoms with van der Waals surface area (Å²) in [7, 11) is 1.78. The van der Waals surface area contributed by atoms with Crippen LogP contribution in [0.15, 0.2) is 0 Å². The van der Waals surface area contributed by atoms with Gasteiger partial charge in [0.1, 0.15) is 0 Å². The summed E-state index contributed by atoms with van der Waals surface area (Å²) in [6.07, 6.45) is 3.80. The summed E-state index contributed by atoms with van der Waals surface area (Å²) in [5, 5.41) is 3.69. The second kappa shape index (κ2) is 7.20. The van der Waals surface area contributed by atoms with Crippen LogP contribution in [0.4, 0.5) is 0 Å². The first kappa shape index (κ1) is 12.9. The van der Waals surface area contributed by atoms with Crippen LogP contribution in [0.2, 0.25) is 0 Å². The van der Waals surface area contributed by atoms with Crippen molar-refractivity contribution in [2.45, 2.75) is 45.2 Å². The lowest BCUT2D eigenvalue weighted by molar-refractivity contribution is 0.124. The Kier molecular flexibility index (Phi) is 6.22. The van der Waals surface area contributed by atoms with Crippen molar-refractivity contribution >= 4 is 0 Å². The SMILES string of the molecule is CCC(C)NC1CCN(CCOC)CC1. The maximum Gasteiger partial charge on any atom is 0.0589 e. The van der Waals surface area contributed by atoms with Gasteiger partial charge in [-0.05, 0) is 39.3 Å². The van der Waals surface area contributed by atoms with E-state index in [1.807, 2.05) is 0 Å². The molecule has 0 bridgehead atoms. The maximum absolute atomic E-state index is 5.10. The number of ether oxygens (including phenoxy) is 1. The highest BCUT2D eigenvalue weighted by molar-refractivity contribution is 4.78. The maximum atomic E-state index is 5.10. The van der Waals surface area contributed by atoms with E-state index in [1.54, 1.807) is 7.11 Å². The molecular formula is C12H26N2O. The van der Waals surface area contributed by atoms with E-state index in [0.717, 1.165) is 19.2 Å². The fourth-order valence-corrected chi connectivity index (χ4v) is 2.06. The summed E-state index contributed by atoms with van der Waals surface area (Å²) in [4.78, 5) is 2.50. The van der Waals surface area contributed by atoms with Gasteiger partial charge in [-0.25, -0.2) is 0 Å². The molecule has 0 radical (unpaired) electrons. The van der Waals surface area contributed by atoms with Crippen LogP contribution in [0.3, 0.4) is 0 Å². The summed E-state index contributed by atoms with van der Waals surface area (Å²) in [5.41, 5.74) is 0. The molecule has 1 unspecified atom stereocenters. The van der Waals surface area contributed by atoms with Crippen molar-refractivity contribution in [3.05, 3.63) is 0 Å². The molecule has 0 aromatic heterocycles. The van der Waals surface area contributed by atoms with E-state index in [4.69, 9.17) is 4.74 Å². The average molecular weight is 214 g/mol. The molecule has 1 aliphatic heterocycles. The van der Waals surface area contributed by atoms with E-state index in [9.17, 15) is 0 Å². The first-order valence-electron chi connectivity index (χ1n) is 6.23. The molecule has 90 valence electrons. The fraction of sp³-hybridized carbons (Fsp3) is 1.00. The number of nitrogens with one attached hydrogen (secondary N) is 1. The van der Waals surface area contributed by atoms with Crippen LogP contribution in [0, 0.1) is 0 Å². The summed E-state index contributed by atoms with van der Waals surface area (Å²) >= 11 is 0. The molecule has 1 aliphatic rings. The molecular weight excluding hydrogens is 188 g/mol. The van der Waals surface area contributed by atoms with Crippen molar-refractivity contribution in [2.24, 2.45) is 0 Å². The second-order valence-electron chi connectivity index (χ2n) is 4.58. The lowest BCUT2D eigenvalue weighted by Gasteiger charge is -2.33.